The van der Waals surface area contributed by atoms with E-state index in [1.165, 1.54) is 20.7 Å². The average Bonchev–Trinajstić information content (AvgIpc) is 4.12. The van der Waals surface area contributed by atoms with Crippen LogP contribution in [0.4, 0.5) is 22.7 Å². The van der Waals surface area contributed by atoms with E-state index in [2.05, 4.69) is 30.7 Å². The number of fused-ring (bicyclic) bond motifs is 1. The molecule has 2 N–H and O–H groups in total. The summed E-state index contributed by atoms with van der Waals surface area (Å²) in [5, 5.41) is 22.8. The van der Waals surface area contributed by atoms with Crippen LogP contribution >= 0.6 is 22.7 Å². The maximum atomic E-state index is 13.8. The SMILES string of the molecule is CCOC(=O)c1nc(-c2c(-c3ccccc3)nn(CC)c(=O)c2Nc2cccnc2)cs1.CCn1nc(-c2ccccc2)c(-c2csc(-c3ccc(OC)cc3)n2)c(Nc2cncc3ccccc23)c1=O. The van der Waals surface area contributed by atoms with Gasteiger partial charge in [0.05, 0.1) is 60.0 Å². The molecule has 0 unspecified atom stereocenters. The van der Waals surface area contributed by atoms with Crippen LogP contribution < -0.4 is 26.5 Å². The van der Waals surface area contributed by atoms with Gasteiger partial charge in [-0.3, -0.25) is 19.6 Å². The number of carbonyl (C=O) groups is 1. The summed E-state index contributed by atoms with van der Waals surface area (Å²) in [6, 6.07) is 38.8. The molecular weight excluding hydrogens is 933 g/mol. The number of methoxy groups -OCH3 is 1. The number of rotatable bonds is 14. The van der Waals surface area contributed by atoms with Crippen LogP contribution in [0.5, 0.6) is 5.75 Å². The number of hydrogen-bond acceptors (Lipinski definition) is 15. The molecular formula is C54H46N10O5S2. The Morgan fingerprint density at radius 2 is 1.23 bits per heavy atom. The van der Waals surface area contributed by atoms with Crippen LogP contribution in [-0.4, -0.2) is 59.2 Å². The van der Waals surface area contributed by atoms with E-state index < -0.39 is 5.97 Å². The van der Waals surface area contributed by atoms with Crippen molar-refractivity contribution in [2.75, 3.05) is 24.4 Å². The minimum absolute atomic E-state index is 0.216. The number of anilines is 4. The number of esters is 1. The first-order chi connectivity index (χ1) is 34.8. The van der Waals surface area contributed by atoms with Crippen molar-refractivity contribution in [3.05, 3.63) is 183 Å². The van der Waals surface area contributed by atoms with E-state index in [1.807, 2.05) is 141 Å². The second-order valence-electron chi connectivity index (χ2n) is 15.6. The average molecular weight is 979 g/mol. The minimum atomic E-state index is -0.498. The molecule has 0 aliphatic carbocycles. The van der Waals surface area contributed by atoms with Crippen LogP contribution in [-0.2, 0) is 17.8 Å². The van der Waals surface area contributed by atoms with E-state index in [-0.39, 0.29) is 22.7 Å². The summed E-state index contributed by atoms with van der Waals surface area (Å²) < 4.78 is 13.3. The van der Waals surface area contributed by atoms with E-state index >= 15 is 0 Å². The van der Waals surface area contributed by atoms with Crippen LogP contribution in [0.25, 0.3) is 66.4 Å². The molecule has 0 aliphatic rings. The Morgan fingerprint density at radius 3 is 1.83 bits per heavy atom. The molecule has 0 atom stereocenters. The maximum Gasteiger partial charge on any atom is 0.367 e. The van der Waals surface area contributed by atoms with Crippen LogP contribution in [0.2, 0.25) is 0 Å². The van der Waals surface area contributed by atoms with Gasteiger partial charge in [0.2, 0.25) is 5.01 Å². The lowest BCUT2D eigenvalue weighted by molar-refractivity contribution is 0.0526. The van der Waals surface area contributed by atoms with Gasteiger partial charge in [0.25, 0.3) is 11.1 Å². The molecule has 0 saturated carbocycles. The highest BCUT2D eigenvalue weighted by Gasteiger charge is 2.26. The molecule has 0 amide bonds. The van der Waals surface area contributed by atoms with Gasteiger partial charge in [0, 0.05) is 63.7 Å². The van der Waals surface area contributed by atoms with Crippen molar-refractivity contribution in [2.45, 2.75) is 33.9 Å². The molecule has 17 heteroatoms. The third kappa shape index (κ3) is 10.2. The molecule has 0 spiro atoms. The summed E-state index contributed by atoms with van der Waals surface area (Å²) in [5.74, 6) is 0.283. The zero-order valence-electron chi connectivity index (χ0n) is 39.1. The molecule has 15 nitrogen and oxygen atoms in total. The zero-order chi connectivity index (χ0) is 49.3. The molecule has 354 valence electrons. The van der Waals surface area contributed by atoms with Gasteiger partial charge >= 0.3 is 5.97 Å². The first-order valence-corrected chi connectivity index (χ1v) is 24.5. The monoisotopic (exact) mass is 978 g/mol. The standard InChI is InChI=1S/C31H25N5O2S.C23H21N5O3S/c1-3-36-31(37)29(33-25-18-32-17-22-11-7-8-12-24(22)25)27(28(35-36)20-9-5-4-6-10-20)26-19-39-30(34-26)21-13-15-23(38-2)16-14-21;1-3-28-22(29)20(25-16-11-8-12-24-13-16)18(19(27-28)15-9-6-5-7-10-15)17-14-32-21(26-17)23(30)31-4-2/h4-19,33H,3H2,1-2H3;5-14,25H,3-4H2,1-2H3. The van der Waals surface area contributed by atoms with Crippen LogP contribution in [0, 0.1) is 0 Å². The van der Waals surface area contributed by atoms with Gasteiger partial charge in [-0.2, -0.15) is 10.2 Å². The molecule has 0 saturated heterocycles. The van der Waals surface area contributed by atoms with Crippen LogP contribution in [0.1, 0.15) is 30.6 Å². The van der Waals surface area contributed by atoms with Gasteiger partial charge in [0.15, 0.2) is 0 Å². The number of hydrogen-bond donors (Lipinski definition) is 2. The first kappa shape index (κ1) is 47.4. The third-order valence-corrected chi connectivity index (χ3v) is 12.9. The summed E-state index contributed by atoms with van der Waals surface area (Å²) in [6.07, 6.45) is 6.85. The fraction of sp³-hybridized carbons (Fsp3) is 0.130. The van der Waals surface area contributed by atoms with E-state index in [0.717, 1.165) is 55.2 Å². The number of thiazole rings is 2. The smallest absolute Gasteiger partial charge is 0.367 e. The molecule has 0 bridgehead atoms. The molecule has 10 rings (SSSR count). The Bertz CT molecular complexity index is 3580. The highest BCUT2D eigenvalue weighted by Crippen LogP contribution is 2.40. The lowest BCUT2D eigenvalue weighted by Gasteiger charge is -2.17. The number of benzene rings is 4. The van der Waals surface area contributed by atoms with Crippen molar-refractivity contribution >= 4 is 62.2 Å². The quantitative estimate of drug-likeness (QED) is 0.0983. The van der Waals surface area contributed by atoms with Crippen molar-refractivity contribution < 1.29 is 14.3 Å². The number of aromatic nitrogens is 8. The Kier molecular flexibility index (Phi) is 14.5. The number of pyridine rings is 2. The third-order valence-electron chi connectivity index (χ3n) is 11.2. The number of nitrogens with zero attached hydrogens (tertiary/aromatic N) is 8. The van der Waals surface area contributed by atoms with Crippen molar-refractivity contribution in [1.29, 1.82) is 0 Å². The first-order valence-electron chi connectivity index (χ1n) is 22.7. The maximum absolute atomic E-state index is 13.8. The summed E-state index contributed by atoms with van der Waals surface area (Å²) in [7, 11) is 1.65. The zero-order valence-corrected chi connectivity index (χ0v) is 40.7. The molecule has 4 aromatic carbocycles. The molecule has 0 fully saturated rings. The van der Waals surface area contributed by atoms with Crippen molar-refractivity contribution in [3.8, 4) is 61.4 Å². The molecule has 71 heavy (non-hydrogen) atoms. The summed E-state index contributed by atoms with van der Waals surface area (Å²) in [5.41, 5.74) is 7.86. The van der Waals surface area contributed by atoms with Gasteiger partial charge < -0.3 is 20.1 Å². The van der Waals surface area contributed by atoms with Gasteiger partial charge in [-0.1, -0.05) is 84.9 Å². The number of ether oxygens (including phenoxy) is 2. The van der Waals surface area contributed by atoms with Crippen molar-refractivity contribution in [3.63, 3.8) is 0 Å². The summed E-state index contributed by atoms with van der Waals surface area (Å²) >= 11 is 2.68. The van der Waals surface area contributed by atoms with E-state index in [4.69, 9.17) is 19.6 Å². The highest BCUT2D eigenvalue weighted by atomic mass is 32.1. The second kappa shape index (κ2) is 21.7. The largest absolute Gasteiger partial charge is 0.497 e. The predicted octanol–water partition coefficient (Wildman–Crippen LogP) is 11.4. The van der Waals surface area contributed by atoms with Gasteiger partial charge in [-0.15, -0.1) is 22.7 Å². The highest BCUT2D eigenvalue weighted by molar-refractivity contribution is 7.13. The van der Waals surface area contributed by atoms with Crippen molar-refractivity contribution in [2.24, 2.45) is 0 Å². The lowest BCUT2D eigenvalue weighted by atomic mass is 10.0. The van der Waals surface area contributed by atoms with Crippen LogP contribution in [0.15, 0.2) is 166 Å². The van der Waals surface area contributed by atoms with E-state index in [0.29, 0.717) is 64.1 Å². The van der Waals surface area contributed by atoms with Gasteiger partial charge in [0.1, 0.15) is 33.5 Å². The van der Waals surface area contributed by atoms with E-state index in [1.54, 1.807) is 44.1 Å². The Balaban J connectivity index is 0.000000180. The Hall–Kier alpha value is -8.67. The molecule has 6 aromatic heterocycles. The Morgan fingerprint density at radius 1 is 0.620 bits per heavy atom. The number of carbonyl (C=O) groups excluding carboxylic acids is 1. The lowest BCUT2D eigenvalue weighted by Crippen LogP contribution is -2.26. The molecule has 0 radical (unpaired) electrons. The van der Waals surface area contributed by atoms with E-state index in [9.17, 15) is 14.4 Å². The molecule has 10 aromatic rings. The normalized spacial score (nSPS) is 10.9. The fourth-order valence-corrected chi connectivity index (χ4v) is 9.28. The topological polar surface area (TPSA) is 181 Å². The van der Waals surface area contributed by atoms with Crippen molar-refractivity contribution in [1.82, 2.24) is 39.5 Å². The summed E-state index contributed by atoms with van der Waals surface area (Å²) in [4.78, 5) is 57.4. The minimum Gasteiger partial charge on any atom is -0.497 e. The summed E-state index contributed by atoms with van der Waals surface area (Å²) in [6.45, 7) is 6.59. The van der Waals surface area contributed by atoms with Gasteiger partial charge in [-0.25, -0.2) is 24.1 Å². The second-order valence-corrected chi connectivity index (χ2v) is 17.3. The van der Waals surface area contributed by atoms with Crippen LogP contribution in [0.3, 0.4) is 0 Å². The number of aryl methyl sites for hydroxylation is 2. The predicted molar refractivity (Wildman–Crippen MR) is 282 cm³/mol. The molecule has 6 heterocycles. The molecule has 0 aliphatic heterocycles. The number of nitrogens with one attached hydrogen (secondary N) is 2. The van der Waals surface area contributed by atoms with Gasteiger partial charge in [-0.05, 0) is 57.2 Å². The fourth-order valence-electron chi connectivity index (χ4n) is 7.76. The Labute approximate surface area is 416 Å².